The largest absolute Gasteiger partial charge is 0.383 e. The van der Waals surface area contributed by atoms with Gasteiger partial charge in [0.15, 0.2) is 5.16 Å². The summed E-state index contributed by atoms with van der Waals surface area (Å²) in [4.78, 5) is 7.62. The Morgan fingerprint density at radius 2 is 2.00 bits per heavy atom. The molecule has 0 saturated carbocycles. The van der Waals surface area contributed by atoms with Crippen molar-refractivity contribution >= 4 is 11.8 Å². The van der Waals surface area contributed by atoms with E-state index in [0.717, 1.165) is 0 Å². The van der Waals surface area contributed by atoms with E-state index in [1.54, 1.807) is 30.5 Å². The van der Waals surface area contributed by atoms with Crippen molar-refractivity contribution in [2.45, 2.75) is 11.3 Å². The molecule has 0 fully saturated rings. The van der Waals surface area contributed by atoms with Crippen molar-refractivity contribution in [3.05, 3.63) is 53.6 Å². The molecule has 0 aliphatic rings. The molecule has 1 N–H and O–H groups in total. The minimum atomic E-state index is -1.04. The van der Waals surface area contributed by atoms with Crippen LogP contribution in [0.2, 0.25) is 0 Å². The first-order valence-corrected chi connectivity index (χ1v) is 6.24. The Hall–Kier alpha value is -1.46. The van der Waals surface area contributed by atoms with E-state index in [1.807, 2.05) is 6.07 Å². The van der Waals surface area contributed by atoms with Crippen molar-refractivity contribution in [2.24, 2.45) is 0 Å². The van der Waals surface area contributed by atoms with Gasteiger partial charge >= 0.3 is 0 Å². The Bertz CT molecular complexity index is 507. The molecule has 88 valence electrons. The Labute approximate surface area is 103 Å². The summed E-state index contributed by atoms with van der Waals surface area (Å²) < 4.78 is 13.6. The smallest absolute Gasteiger partial charge is 0.223 e. The molecule has 1 atom stereocenters. The molecule has 1 aromatic carbocycles. The highest BCUT2D eigenvalue weighted by Gasteiger charge is 2.16. The number of nitrogens with zero attached hydrogens (tertiary/aromatic N) is 2. The number of aromatic nitrogens is 2. The highest BCUT2D eigenvalue weighted by molar-refractivity contribution is 7.98. The number of benzene rings is 1. The molecule has 1 unspecified atom stereocenters. The number of aliphatic hydroxyl groups is 1. The van der Waals surface area contributed by atoms with Crippen molar-refractivity contribution in [3.8, 4) is 0 Å². The Morgan fingerprint density at radius 1 is 1.29 bits per heavy atom. The highest BCUT2D eigenvalue weighted by Crippen LogP contribution is 2.23. The summed E-state index contributed by atoms with van der Waals surface area (Å²) in [6.07, 6.45) is 2.06. The van der Waals surface area contributed by atoms with Crippen LogP contribution in [0.1, 0.15) is 17.2 Å². The molecule has 0 aliphatic heterocycles. The fourth-order valence-electron chi connectivity index (χ4n) is 1.45. The van der Waals surface area contributed by atoms with E-state index < -0.39 is 12.1 Å². The minimum absolute atomic E-state index is 0.0917. The fourth-order valence-corrected chi connectivity index (χ4v) is 1.78. The summed E-state index contributed by atoms with van der Waals surface area (Å²) in [5, 5.41) is 10.4. The van der Waals surface area contributed by atoms with Gasteiger partial charge in [-0.25, -0.2) is 4.98 Å². The van der Waals surface area contributed by atoms with Crippen LogP contribution < -0.4 is 0 Å². The maximum Gasteiger partial charge on any atom is 0.223 e. The lowest BCUT2D eigenvalue weighted by Gasteiger charge is -2.11. The highest BCUT2D eigenvalue weighted by atomic mass is 32.2. The first-order chi connectivity index (χ1) is 8.22. The third-order valence-electron chi connectivity index (χ3n) is 2.34. The van der Waals surface area contributed by atoms with Crippen molar-refractivity contribution < 1.29 is 9.50 Å². The molecular formula is C12H11FN2OS. The lowest BCUT2D eigenvalue weighted by Crippen LogP contribution is -2.05. The van der Waals surface area contributed by atoms with Gasteiger partial charge in [-0.2, -0.15) is 9.37 Å². The van der Waals surface area contributed by atoms with Gasteiger partial charge in [-0.1, -0.05) is 42.1 Å². The van der Waals surface area contributed by atoms with Crippen LogP contribution in [0, 0.1) is 5.95 Å². The predicted molar refractivity (Wildman–Crippen MR) is 64.3 cm³/mol. The van der Waals surface area contributed by atoms with E-state index in [2.05, 4.69) is 9.97 Å². The van der Waals surface area contributed by atoms with Crippen molar-refractivity contribution in [2.75, 3.05) is 6.26 Å². The van der Waals surface area contributed by atoms with E-state index in [4.69, 9.17) is 0 Å². The van der Waals surface area contributed by atoms with Crippen LogP contribution in [-0.2, 0) is 0 Å². The molecule has 5 heteroatoms. The minimum Gasteiger partial charge on any atom is -0.383 e. The van der Waals surface area contributed by atoms with E-state index in [1.165, 1.54) is 18.0 Å². The molecule has 17 heavy (non-hydrogen) atoms. The summed E-state index contributed by atoms with van der Waals surface area (Å²) in [7, 11) is 0. The number of rotatable bonds is 3. The van der Waals surface area contributed by atoms with Crippen LogP contribution in [0.25, 0.3) is 0 Å². The van der Waals surface area contributed by atoms with Gasteiger partial charge in [0, 0.05) is 6.20 Å². The summed E-state index contributed by atoms with van der Waals surface area (Å²) in [6, 6.07) is 8.86. The van der Waals surface area contributed by atoms with Crippen LogP contribution in [0.4, 0.5) is 4.39 Å². The molecule has 0 spiro atoms. The van der Waals surface area contributed by atoms with Crippen LogP contribution in [0.5, 0.6) is 0 Å². The fraction of sp³-hybridized carbons (Fsp3) is 0.167. The SMILES string of the molecule is CSc1ncc(C(O)c2ccccc2)c(F)n1. The van der Waals surface area contributed by atoms with Gasteiger partial charge in [-0.3, -0.25) is 0 Å². The zero-order chi connectivity index (χ0) is 12.3. The van der Waals surface area contributed by atoms with Crippen LogP contribution in [-0.4, -0.2) is 21.3 Å². The summed E-state index contributed by atoms with van der Waals surface area (Å²) in [5.41, 5.74) is 0.709. The van der Waals surface area contributed by atoms with Crippen molar-refractivity contribution in [1.29, 1.82) is 0 Å². The third-order valence-corrected chi connectivity index (χ3v) is 2.90. The molecule has 0 aliphatic carbocycles. The second kappa shape index (κ2) is 5.25. The van der Waals surface area contributed by atoms with Crippen LogP contribution in [0.3, 0.4) is 0 Å². The van der Waals surface area contributed by atoms with Gasteiger partial charge in [0.1, 0.15) is 6.10 Å². The van der Waals surface area contributed by atoms with Crippen LogP contribution >= 0.6 is 11.8 Å². The van der Waals surface area contributed by atoms with Crippen molar-refractivity contribution in [1.82, 2.24) is 9.97 Å². The van der Waals surface area contributed by atoms with Crippen molar-refractivity contribution in [3.63, 3.8) is 0 Å². The monoisotopic (exact) mass is 250 g/mol. The Morgan fingerprint density at radius 3 is 2.59 bits per heavy atom. The Kier molecular flexibility index (Phi) is 3.71. The summed E-state index contributed by atoms with van der Waals surface area (Å²) in [6.45, 7) is 0. The number of halogens is 1. The lowest BCUT2D eigenvalue weighted by atomic mass is 10.0. The number of aliphatic hydroxyl groups excluding tert-OH is 1. The number of thioether (sulfide) groups is 1. The number of hydrogen-bond donors (Lipinski definition) is 1. The first-order valence-electron chi connectivity index (χ1n) is 5.02. The topological polar surface area (TPSA) is 46.0 Å². The lowest BCUT2D eigenvalue weighted by molar-refractivity contribution is 0.212. The van der Waals surface area contributed by atoms with Gasteiger partial charge < -0.3 is 5.11 Å². The van der Waals surface area contributed by atoms with Gasteiger partial charge in [0.05, 0.1) is 5.56 Å². The van der Waals surface area contributed by atoms with E-state index in [0.29, 0.717) is 10.7 Å². The Balaban J connectivity index is 2.34. The standard InChI is InChI=1S/C12H11FN2OS/c1-17-12-14-7-9(11(13)15-12)10(16)8-5-3-2-4-6-8/h2-7,10,16H,1H3. The summed E-state index contributed by atoms with van der Waals surface area (Å²) in [5.74, 6) is -0.680. The molecule has 2 rings (SSSR count). The average molecular weight is 250 g/mol. The molecular weight excluding hydrogens is 239 g/mol. The second-order valence-electron chi connectivity index (χ2n) is 3.42. The molecule has 2 aromatic rings. The average Bonchev–Trinajstić information content (AvgIpc) is 2.39. The van der Waals surface area contributed by atoms with Gasteiger partial charge in [0.25, 0.3) is 0 Å². The molecule has 1 aromatic heterocycles. The maximum absolute atomic E-state index is 13.6. The molecule has 0 saturated heterocycles. The molecule has 1 heterocycles. The molecule has 3 nitrogen and oxygen atoms in total. The zero-order valence-corrected chi connectivity index (χ0v) is 9.99. The molecule has 0 amide bonds. The van der Waals surface area contributed by atoms with Gasteiger partial charge in [-0.15, -0.1) is 0 Å². The quantitative estimate of drug-likeness (QED) is 0.516. The van der Waals surface area contributed by atoms with E-state index >= 15 is 0 Å². The van der Waals surface area contributed by atoms with Gasteiger partial charge in [0.2, 0.25) is 5.95 Å². The third kappa shape index (κ3) is 2.62. The first kappa shape index (κ1) is 12.0. The second-order valence-corrected chi connectivity index (χ2v) is 4.19. The van der Waals surface area contributed by atoms with E-state index in [-0.39, 0.29) is 5.56 Å². The predicted octanol–water partition coefficient (Wildman–Crippen LogP) is 2.42. The van der Waals surface area contributed by atoms with E-state index in [9.17, 15) is 9.50 Å². The molecule has 0 radical (unpaired) electrons. The zero-order valence-electron chi connectivity index (χ0n) is 9.17. The van der Waals surface area contributed by atoms with Gasteiger partial charge in [-0.05, 0) is 11.8 Å². The van der Waals surface area contributed by atoms with Crippen LogP contribution in [0.15, 0.2) is 41.7 Å². The number of hydrogen-bond acceptors (Lipinski definition) is 4. The summed E-state index contributed by atoms with van der Waals surface area (Å²) >= 11 is 1.26. The molecule has 0 bridgehead atoms. The normalized spacial score (nSPS) is 12.4. The maximum atomic E-state index is 13.6.